The molecule has 1 heterocycles. The molecular weight excluding hydrogens is 495 g/mol. The van der Waals surface area contributed by atoms with E-state index in [-0.39, 0.29) is 10.9 Å². The van der Waals surface area contributed by atoms with Gasteiger partial charge in [-0.3, -0.25) is 9.59 Å². The Bertz CT molecular complexity index is 1340. The van der Waals surface area contributed by atoms with Crippen LogP contribution in [0.4, 0.5) is 18.9 Å². The zero-order chi connectivity index (χ0) is 24.9. The van der Waals surface area contributed by atoms with Crippen molar-refractivity contribution in [1.29, 1.82) is 0 Å². The summed E-state index contributed by atoms with van der Waals surface area (Å²) in [5.74, 6) is 0.102. The van der Waals surface area contributed by atoms with E-state index >= 15 is 0 Å². The predicted molar refractivity (Wildman–Crippen MR) is 119 cm³/mol. The van der Waals surface area contributed by atoms with E-state index in [1.165, 1.54) is 0 Å². The molecule has 0 fully saturated rings. The molecule has 0 saturated heterocycles. The van der Waals surface area contributed by atoms with Gasteiger partial charge in [0.2, 0.25) is 15.7 Å². The quantitative estimate of drug-likeness (QED) is 0.348. The average molecular weight is 514 g/mol. The molecule has 34 heavy (non-hydrogen) atoms. The van der Waals surface area contributed by atoms with Crippen LogP contribution in [0.3, 0.4) is 0 Å². The Labute approximate surface area is 196 Å². The number of carbonyl (C=O) groups excluding carboxylic acids is 1. The average Bonchev–Trinajstić information content (AvgIpc) is 2.78. The van der Waals surface area contributed by atoms with Crippen LogP contribution in [0.5, 0.6) is 5.75 Å². The third-order valence-electron chi connectivity index (χ3n) is 4.29. The Morgan fingerprint density at radius 3 is 2.50 bits per heavy atom. The number of halogens is 3. The van der Waals surface area contributed by atoms with Gasteiger partial charge in [0.05, 0.1) is 29.0 Å². The first kappa shape index (κ1) is 25.3. The lowest BCUT2D eigenvalue weighted by atomic mass is 10.2. The van der Waals surface area contributed by atoms with Crippen LogP contribution in [0.1, 0.15) is 12.5 Å². The van der Waals surface area contributed by atoms with Crippen molar-refractivity contribution >= 4 is 33.2 Å². The van der Waals surface area contributed by atoms with Gasteiger partial charge in [-0.05, 0) is 49.4 Å². The maximum absolute atomic E-state index is 12.9. The standard InChI is InChI=1S/C21H18F3N3O5S2/c1-2-32-15-8-6-14(7-9-15)26-18(28)12-33-20-25-11-17(19(29)27-20)34(30,31)16-5-3-4-13(10-16)21(22,23)24/h3-11H,2,12H2,1H3,(H,26,28)(H,25,27,29). The van der Waals surface area contributed by atoms with Gasteiger partial charge in [-0.25, -0.2) is 13.4 Å². The summed E-state index contributed by atoms with van der Waals surface area (Å²) in [6.07, 6.45) is -4.00. The van der Waals surface area contributed by atoms with Gasteiger partial charge in [0.15, 0.2) is 10.1 Å². The highest BCUT2D eigenvalue weighted by Gasteiger charge is 2.32. The number of nitrogens with one attached hydrogen (secondary N) is 2. The molecular formula is C21H18F3N3O5S2. The zero-order valence-corrected chi connectivity index (χ0v) is 19.2. The Morgan fingerprint density at radius 1 is 1.18 bits per heavy atom. The second-order valence-corrected chi connectivity index (χ2v) is 9.59. The molecule has 2 N–H and O–H groups in total. The van der Waals surface area contributed by atoms with Gasteiger partial charge in [-0.15, -0.1) is 0 Å². The third-order valence-corrected chi connectivity index (χ3v) is 6.93. The Kier molecular flexibility index (Phi) is 7.67. The number of benzene rings is 2. The molecule has 0 aliphatic heterocycles. The molecule has 3 aromatic rings. The molecule has 1 amide bonds. The number of carbonyl (C=O) groups is 1. The molecule has 8 nitrogen and oxygen atoms in total. The number of hydrogen-bond donors (Lipinski definition) is 2. The van der Waals surface area contributed by atoms with Crippen LogP contribution in [-0.2, 0) is 20.8 Å². The Morgan fingerprint density at radius 2 is 1.88 bits per heavy atom. The molecule has 0 aliphatic carbocycles. The fraction of sp³-hybridized carbons (Fsp3) is 0.190. The smallest absolute Gasteiger partial charge is 0.416 e. The fourth-order valence-corrected chi connectivity index (χ4v) is 4.64. The Balaban J connectivity index is 1.69. The minimum Gasteiger partial charge on any atom is -0.494 e. The number of aromatic nitrogens is 2. The summed E-state index contributed by atoms with van der Waals surface area (Å²) in [6, 6.07) is 9.75. The number of H-pyrrole nitrogens is 1. The number of hydrogen-bond acceptors (Lipinski definition) is 7. The zero-order valence-electron chi connectivity index (χ0n) is 17.5. The van der Waals surface area contributed by atoms with Crippen LogP contribution >= 0.6 is 11.8 Å². The molecule has 0 atom stereocenters. The number of thioether (sulfide) groups is 1. The highest BCUT2D eigenvalue weighted by Crippen LogP contribution is 2.31. The molecule has 0 saturated carbocycles. The van der Waals surface area contributed by atoms with Crippen LogP contribution in [0.15, 0.2) is 74.5 Å². The molecule has 1 aromatic heterocycles. The lowest BCUT2D eigenvalue weighted by Crippen LogP contribution is -2.20. The molecule has 0 aliphatic rings. The van der Waals surface area contributed by atoms with E-state index in [1.54, 1.807) is 24.3 Å². The summed E-state index contributed by atoms with van der Waals surface area (Å²) in [4.78, 5) is 29.0. The van der Waals surface area contributed by atoms with Gasteiger partial charge < -0.3 is 15.0 Å². The summed E-state index contributed by atoms with van der Waals surface area (Å²) in [5.41, 5.74) is -1.71. The lowest BCUT2D eigenvalue weighted by Gasteiger charge is -2.09. The third kappa shape index (κ3) is 6.17. The van der Waals surface area contributed by atoms with E-state index in [4.69, 9.17) is 4.74 Å². The largest absolute Gasteiger partial charge is 0.494 e. The first-order valence-electron chi connectivity index (χ1n) is 9.68. The molecule has 0 unspecified atom stereocenters. The number of sulfone groups is 1. The van der Waals surface area contributed by atoms with Gasteiger partial charge >= 0.3 is 6.18 Å². The normalized spacial score (nSPS) is 11.8. The minimum absolute atomic E-state index is 0.0326. The van der Waals surface area contributed by atoms with Gasteiger partial charge in [0.1, 0.15) is 5.75 Å². The second-order valence-electron chi connectivity index (χ2n) is 6.70. The first-order chi connectivity index (χ1) is 16.0. The molecule has 2 aromatic carbocycles. The van der Waals surface area contributed by atoms with Crippen LogP contribution in [-0.4, -0.2) is 36.7 Å². The number of alkyl halides is 3. The van der Waals surface area contributed by atoms with Gasteiger partial charge in [0, 0.05) is 5.69 Å². The van der Waals surface area contributed by atoms with Crippen molar-refractivity contribution in [3.05, 3.63) is 70.6 Å². The number of rotatable bonds is 8. The summed E-state index contributed by atoms with van der Waals surface area (Å²) < 4.78 is 69.4. The number of nitrogens with zero attached hydrogens (tertiary/aromatic N) is 1. The van der Waals surface area contributed by atoms with Crippen LogP contribution in [0, 0.1) is 0 Å². The number of anilines is 1. The van der Waals surface area contributed by atoms with Crippen molar-refractivity contribution in [2.45, 2.75) is 28.0 Å². The van der Waals surface area contributed by atoms with Crippen LogP contribution < -0.4 is 15.6 Å². The maximum Gasteiger partial charge on any atom is 0.416 e. The first-order valence-corrected chi connectivity index (χ1v) is 12.1. The molecule has 13 heteroatoms. The predicted octanol–water partition coefficient (Wildman–Crippen LogP) is 3.75. The number of amides is 1. The molecule has 0 bridgehead atoms. The van der Waals surface area contributed by atoms with E-state index in [9.17, 15) is 31.2 Å². The van der Waals surface area contributed by atoms with Gasteiger partial charge in [0.25, 0.3) is 5.56 Å². The summed E-state index contributed by atoms with van der Waals surface area (Å²) in [7, 11) is -4.55. The number of aromatic amines is 1. The molecule has 0 radical (unpaired) electrons. The van der Waals surface area contributed by atoms with E-state index in [0.29, 0.717) is 24.1 Å². The van der Waals surface area contributed by atoms with Crippen LogP contribution in [0.2, 0.25) is 0 Å². The lowest BCUT2D eigenvalue weighted by molar-refractivity contribution is -0.137. The van der Waals surface area contributed by atoms with E-state index < -0.39 is 42.8 Å². The fourth-order valence-electron chi connectivity index (χ4n) is 2.73. The SMILES string of the molecule is CCOc1ccc(NC(=O)CSc2ncc(S(=O)(=O)c3cccc(C(F)(F)F)c3)c(=O)[nH]2)cc1. The molecule has 0 spiro atoms. The van der Waals surface area contributed by atoms with E-state index in [0.717, 1.165) is 36.2 Å². The van der Waals surface area contributed by atoms with Crippen molar-refractivity contribution < 1.29 is 31.1 Å². The highest BCUT2D eigenvalue weighted by molar-refractivity contribution is 7.99. The van der Waals surface area contributed by atoms with E-state index in [1.807, 2.05) is 6.92 Å². The van der Waals surface area contributed by atoms with Crippen molar-refractivity contribution in [1.82, 2.24) is 9.97 Å². The Hall–Kier alpha value is -3.32. The summed E-state index contributed by atoms with van der Waals surface area (Å²) >= 11 is 0.847. The second kappa shape index (κ2) is 10.3. The van der Waals surface area contributed by atoms with Crippen molar-refractivity contribution in [2.75, 3.05) is 17.7 Å². The molecule has 180 valence electrons. The van der Waals surface area contributed by atoms with Crippen molar-refractivity contribution in [3.63, 3.8) is 0 Å². The van der Waals surface area contributed by atoms with Crippen molar-refractivity contribution in [3.8, 4) is 5.75 Å². The maximum atomic E-state index is 12.9. The minimum atomic E-state index is -4.75. The van der Waals surface area contributed by atoms with Crippen LogP contribution in [0.25, 0.3) is 0 Å². The van der Waals surface area contributed by atoms with Crippen molar-refractivity contribution in [2.24, 2.45) is 0 Å². The summed E-state index contributed by atoms with van der Waals surface area (Å²) in [5, 5.41) is 2.62. The monoisotopic (exact) mass is 513 g/mol. The summed E-state index contributed by atoms with van der Waals surface area (Å²) in [6.45, 7) is 2.35. The number of ether oxygens (including phenoxy) is 1. The van der Waals surface area contributed by atoms with E-state index in [2.05, 4.69) is 15.3 Å². The molecule has 3 rings (SSSR count). The highest BCUT2D eigenvalue weighted by atomic mass is 32.2. The van der Waals surface area contributed by atoms with Gasteiger partial charge in [-0.1, -0.05) is 17.8 Å². The van der Waals surface area contributed by atoms with Gasteiger partial charge in [-0.2, -0.15) is 13.2 Å². The topological polar surface area (TPSA) is 118 Å².